The molecule has 33 heavy (non-hydrogen) atoms. The molecule has 0 aliphatic heterocycles. The second kappa shape index (κ2) is 12.9. The number of nitrogens with zero attached hydrogens (tertiary/aromatic N) is 1. The standard InChI is InChI=1S/C28H38N2O3/c1-6-9-16-29-28(32)21-30(4,5)17-18-33-27-15-13-23(11-8-3)20-25(27)24-19-22(10-7-2)12-14-26(24)31/h7-8,12-15,19-20H,2-3,6,9-11,16-18,21H2,1,4-5H3,(H-,29,31,32)/p+1. The fraction of sp³-hybridized carbons (Fsp3) is 0.393. The summed E-state index contributed by atoms with van der Waals surface area (Å²) in [7, 11) is 4.06. The Kier molecular flexibility index (Phi) is 10.2. The fourth-order valence-corrected chi connectivity index (χ4v) is 3.63. The number of ether oxygens (including phenoxy) is 1. The SMILES string of the molecule is C=CCc1ccc(O)c(-c2cc(CC=C)ccc2OCC[N+](C)(C)CC(=O)NCCCC)c1. The van der Waals surface area contributed by atoms with Crippen LogP contribution in [0.2, 0.25) is 0 Å². The smallest absolute Gasteiger partial charge is 0.275 e. The van der Waals surface area contributed by atoms with E-state index in [1.807, 2.05) is 56.6 Å². The summed E-state index contributed by atoms with van der Waals surface area (Å²) in [6, 6.07) is 11.6. The minimum Gasteiger partial charge on any atom is -0.507 e. The number of aromatic hydroxyl groups is 1. The van der Waals surface area contributed by atoms with Crippen molar-refractivity contribution in [1.29, 1.82) is 0 Å². The molecular formula is C28H39N2O3+. The van der Waals surface area contributed by atoms with Crippen molar-refractivity contribution < 1.29 is 19.1 Å². The molecule has 0 aliphatic carbocycles. The van der Waals surface area contributed by atoms with E-state index in [-0.39, 0.29) is 11.7 Å². The van der Waals surface area contributed by atoms with Crippen molar-refractivity contribution in [3.8, 4) is 22.6 Å². The van der Waals surface area contributed by atoms with Gasteiger partial charge in [-0.25, -0.2) is 0 Å². The average Bonchev–Trinajstić information content (AvgIpc) is 2.76. The van der Waals surface area contributed by atoms with Crippen LogP contribution in [0.4, 0.5) is 0 Å². The topological polar surface area (TPSA) is 58.6 Å². The maximum Gasteiger partial charge on any atom is 0.275 e. The van der Waals surface area contributed by atoms with E-state index in [0.29, 0.717) is 29.9 Å². The maximum atomic E-state index is 12.2. The number of benzene rings is 2. The van der Waals surface area contributed by atoms with Crippen LogP contribution in [-0.4, -0.2) is 55.8 Å². The summed E-state index contributed by atoms with van der Waals surface area (Å²) in [5.41, 5.74) is 3.75. The third-order valence-electron chi connectivity index (χ3n) is 5.53. The minimum absolute atomic E-state index is 0.0619. The molecule has 178 valence electrons. The van der Waals surface area contributed by atoms with Crippen LogP contribution in [0.5, 0.6) is 11.5 Å². The van der Waals surface area contributed by atoms with Crippen LogP contribution in [-0.2, 0) is 17.6 Å². The molecule has 0 fully saturated rings. The summed E-state index contributed by atoms with van der Waals surface area (Å²) in [6.07, 6.45) is 7.22. The molecule has 2 aromatic rings. The molecule has 0 saturated carbocycles. The number of phenols is 1. The highest BCUT2D eigenvalue weighted by Crippen LogP contribution is 2.37. The molecule has 5 heteroatoms. The number of carbonyl (C=O) groups excluding carboxylic acids is 1. The lowest BCUT2D eigenvalue weighted by Crippen LogP contribution is -2.49. The first-order valence-corrected chi connectivity index (χ1v) is 11.7. The summed E-state index contributed by atoms with van der Waals surface area (Å²) < 4.78 is 6.72. The van der Waals surface area contributed by atoms with Gasteiger partial charge >= 0.3 is 0 Å². The molecule has 0 radical (unpaired) electrons. The highest BCUT2D eigenvalue weighted by Gasteiger charge is 2.20. The number of unbranched alkanes of at least 4 members (excludes halogenated alkanes) is 1. The first-order valence-electron chi connectivity index (χ1n) is 11.7. The zero-order valence-corrected chi connectivity index (χ0v) is 20.4. The molecule has 2 N–H and O–H groups in total. The Bertz CT molecular complexity index is 950. The summed E-state index contributed by atoms with van der Waals surface area (Å²) >= 11 is 0. The molecule has 5 nitrogen and oxygen atoms in total. The van der Waals surface area contributed by atoms with Crippen LogP contribution in [0.1, 0.15) is 30.9 Å². The van der Waals surface area contributed by atoms with Crippen LogP contribution >= 0.6 is 0 Å². The van der Waals surface area contributed by atoms with Gasteiger partial charge in [-0.05, 0) is 54.7 Å². The molecule has 0 bridgehead atoms. The monoisotopic (exact) mass is 451 g/mol. The number of quaternary nitrogens is 1. The van der Waals surface area contributed by atoms with Crippen molar-refractivity contribution in [1.82, 2.24) is 5.32 Å². The number of hydrogen-bond donors (Lipinski definition) is 2. The lowest BCUT2D eigenvalue weighted by molar-refractivity contribution is -0.882. The van der Waals surface area contributed by atoms with Gasteiger partial charge in [0.05, 0.1) is 14.1 Å². The van der Waals surface area contributed by atoms with E-state index in [9.17, 15) is 9.90 Å². The Morgan fingerprint density at radius 3 is 2.33 bits per heavy atom. The Morgan fingerprint density at radius 2 is 1.70 bits per heavy atom. The number of hydrogen-bond acceptors (Lipinski definition) is 3. The largest absolute Gasteiger partial charge is 0.507 e. The molecule has 0 aliphatic rings. The third kappa shape index (κ3) is 8.43. The van der Waals surface area contributed by atoms with E-state index < -0.39 is 0 Å². The van der Waals surface area contributed by atoms with Crippen molar-refractivity contribution >= 4 is 5.91 Å². The van der Waals surface area contributed by atoms with Gasteiger partial charge in [-0.1, -0.05) is 37.6 Å². The van der Waals surface area contributed by atoms with Gasteiger partial charge in [0, 0.05) is 17.7 Å². The van der Waals surface area contributed by atoms with E-state index in [1.54, 1.807) is 6.07 Å². The van der Waals surface area contributed by atoms with E-state index in [0.717, 1.165) is 54.5 Å². The minimum atomic E-state index is 0.0619. The predicted molar refractivity (Wildman–Crippen MR) is 137 cm³/mol. The summed E-state index contributed by atoms with van der Waals surface area (Å²) in [5.74, 6) is 0.983. The van der Waals surface area contributed by atoms with Gasteiger partial charge in [-0.3, -0.25) is 4.79 Å². The Balaban J connectivity index is 2.17. The van der Waals surface area contributed by atoms with Gasteiger partial charge in [0.1, 0.15) is 24.7 Å². The molecule has 1 amide bonds. The molecular weight excluding hydrogens is 412 g/mol. The zero-order valence-electron chi connectivity index (χ0n) is 20.4. The number of amides is 1. The molecule has 0 atom stereocenters. The van der Waals surface area contributed by atoms with Crippen LogP contribution in [0.3, 0.4) is 0 Å². The molecule has 0 heterocycles. The Hall–Kier alpha value is -3.05. The number of phenolic OH excluding ortho intramolecular Hbond substituents is 1. The highest BCUT2D eigenvalue weighted by atomic mass is 16.5. The quantitative estimate of drug-likeness (QED) is 0.244. The number of allylic oxidation sites excluding steroid dienone is 2. The zero-order chi connectivity index (χ0) is 24.3. The number of rotatable bonds is 14. The highest BCUT2D eigenvalue weighted by molar-refractivity contribution is 5.77. The molecule has 0 unspecified atom stereocenters. The van der Waals surface area contributed by atoms with Crippen LogP contribution in [0.25, 0.3) is 11.1 Å². The third-order valence-corrected chi connectivity index (χ3v) is 5.53. The lowest BCUT2D eigenvalue weighted by atomic mass is 9.97. The van der Waals surface area contributed by atoms with Gasteiger partial charge in [0.25, 0.3) is 5.91 Å². The fourth-order valence-electron chi connectivity index (χ4n) is 3.63. The second-order valence-electron chi connectivity index (χ2n) is 9.04. The van der Waals surface area contributed by atoms with Crippen LogP contribution in [0.15, 0.2) is 61.7 Å². The van der Waals surface area contributed by atoms with Crippen molar-refractivity contribution in [2.45, 2.75) is 32.6 Å². The normalized spacial score (nSPS) is 11.1. The van der Waals surface area contributed by atoms with Crippen LogP contribution in [0, 0.1) is 0 Å². The van der Waals surface area contributed by atoms with Crippen molar-refractivity contribution in [3.63, 3.8) is 0 Å². The Morgan fingerprint density at radius 1 is 1.06 bits per heavy atom. The maximum absolute atomic E-state index is 12.2. The van der Waals surface area contributed by atoms with Crippen molar-refractivity contribution in [2.75, 3.05) is 40.3 Å². The van der Waals surface area contributed by atoms with Crippen molar-refractivity contribution in [2.24, 2.45) is 0 Å². The van der Waals surface area contributed by atoms with Gasteiger partial charge in [-0.15, -0.1) is 13.2 Å². The summed E-state index contributed by atoms with van der Waals surface area (Å²) in [6.45, 7) is 12.0. The van der Waals surface area contributed by atoms with E-state index >= 15 is 0 Å². The van der Waals surface area contributed by atoms with Crippen molar-refractivity contribution in [3.05, 3.63) is 72.8 Å². The van der Waals surface area contributed by atoms with E-state index in [4.69, 9.17) is 4.74 Å². The van der Waals surface area contributed by atoms with Gasteiger partial charge in [0.2, 0.25) is 0 Å². The second-order valence-corrected chi connectivity index (χ2v) is 9.04. The molecule has 0 spiro atoms. The molecule has 0 saturated heterocycles. The molecule has 0 aromatic heterocycles. The van der Waals surface area contributed by atoms with E-state index in [1.165, 1.54) is 0 Å². The number of carbonyl (C=O) groups is 1. The number of likely N-dealkylation sites (N-methyl/N-ethyl adjacent to an activating group) is 1. The predicted octanol–water partition coefficient (Wildman–Crippen LogP) is 4.89. The van der Waals surface area contributed by atoms with Crippen LogP contribution < -0.4 is 10.1 Å². The average molecular weight is 452 g/mol. The van der Waals surface area contributed by atoms with Gasteiger partial charge < -0.3 is 19.6 Å². The van der Waals surface area contributed by atoms with Gasteiger partial charge in [0.15, 0.2) is 6.54 Å². The molecule has 2 aromatic carbocycles. The number of nitrogens with one attached hydrogen (secondary N) is 1. The first kappa shape index (κ1) is 26.2. The first-order chi connectivity index (χ1) is 15.8. The molecule has 2 rings (SSSR count). The Labute approximate surface area is 199 Å². The summed E-state index contributed by atoms with van der Waals surface area (Å²) in [5, 5.41) is 13.6. The van der Waals surface area contributed by atoms with Gasteiger partial charge in [-0.2, -0.15) is 0 Å². The lowest BCUT2D eigenvalue weighted by Gasteiger charge is -2.29. The van der Waals surface area contributed by atoms with E-state index in [2.05, 4.69) is 25.4 Å². The summed E-state index contributed by atoms with van der Waals surface area (Å²) in [4.78, 5) is 12.2.